The molecule has 1 N–H and O–H groups in total. The molecule has 1 atom stereocenters. The first-order chi connectivity index (χ1) is 12.6. The number of esters is 1. The molecule has 0 aliphatic carbocycles. The Bertz CT molecular complexity index is 679. The maximum Gasteiger partial charge on any atom is 0.410 e. The fourth-order valence-corrected chi connectivity index (χ4v) is 3.43. The lowest BCUT2D eigenvalue weighted by atomic mass is 9.90. The highest BCUT2D eigenvalue weighted by Gasteiger charge is 2.29. The van der Waals surface area contributed by atoms with Crippen LogP contribution in [-0.2, 0) is 9.47 Å². The van der Waals surface area contributed by atoms with Crippen molar-refractivity contribution in [3.8, 4) is 0 Å². The standard InChI is InChI=1S/C20H29ClN2O4/c1-13(22-17-11-15(18(24)26-5)10-16(21)12-17)14-6-8-23(9-7-14)19(25)27-20(2,3)4/h10-14,22H,6-9H2,1-5H3/t13-/m0/s1. The smallest absolute Gasteiger partial charge is 0.410 e. The Morgan fingerprint density at radius 1 is 1.22 bits per heavy atom. The van der Waals surface area contributed by atoms with E-state index in [1.807, 2.05) is 20.8 Å². The minimum atomic E-state index is -0.479. The number of methoxy groups -OCH3 is 1. The molecule has 27 heavy (non-hydrogen) atoms. The summed E-state index contributed by atoms with van der Waals surface area (Å²) in [6.07, 6.45) is 1.52. The summed E-state index contributed by atoms with van der Waals surface area (Å²) in [6.45, 7) is 9.07. The molecule has 1 amide bonds. The number of carbonyl (C=O) groups is 2. The molecule has 0 spiro atoms. The number of hydrogen-bond donors (Lipinski definition) is 1. The first-order valence-corrected chi connectivity index (χ1v) is 9.60. The van der Waals surface area contributed by atoms with Crippen LogP contribution in [-0.4, -0.2) is 48.8 Å². The van der Waals surface area contributed by atoms with Gasteiger partial charge in [-0.15, -0.1) is 0 Å². The van der Waals surface area contributed by atoms with E-state index in [4.69, 9.17) is 21.1 Å². The van der Waals surface area contributed by atoms with Crippen molar-refractivity contribution in [3.63, 3.8) is 0 Å². The van der Waals surface area contributed by atoms with Crippen LogP contribution in [0.5, 0.6) is 0 Å². The fourth-order valence-electron chi connectivity index (χ4n) is 3.20. The van der Waals surface area contributed by atoms with Crippen LogP contribution in [0.3, 0.4) is 0 Å². The van der Waals surface area contributed by atoms with Crippen LogP contribution < -0.4 is 5.32 Å². The lowest BCUT2D eigenvalue weighted by molar-refractivity contribution is 0.0179. The van der Waals surface area contributed by atoms with E-state index in [1.54, 1.807) is 23.1 Å². The van der Waals surface area contributed by atoms with Crippen molar-refractivity contribution in [2.24, 2.45) is 5.92 Å². The van der Waals surface area contributed by atoms with Crippen LogP contribution in [0.1, 0.15) is 50.9 Å². The van der Waals surface area contributed by atoms with E-state index in [9.17, 15) is 9.59 Å². The molecule has 1 aromatic carbocycles. The summed E-state index contributed by atoms with van der Waals surface area (Å²) in [5.41, 5.74) is 0.719. The maximum atomic E-state index is 12.2. The predicted octanol–water partition coefficient (Wildman–Crippen LogP) is 4.57. The van der Waals surface area contributed by atoms with Gasteiger partial charge in [-0.3, -0.25) is 0 Å². The zero-order valence-electron chi connectivity index (χ0n) is 16.7. The summed E-state index contributed by atoms with van der Waals surface area (Å²) in [6, 6.07) is 5.29. The molecule has 2 rings (SSSR count). The van der Waals surface area contributed by atoms with E-state index in [2.05, 4.69) is 12.2 Å². The van der Waals surface area contributed by atoms with Gasteiger partial charge < -0.3 is 19.7 Å². The van der Waals surface area contributed by atoms with Crippen molar-refractivity contribution < 1.29 is 19.1 Å². The van der Waals surface area contributed by atoms with E-state index in [0.717, 1.165) is 18.5 Å². The molecule has 1 aliphatic rings. The lowest BCUT2D eigenvalue weighted by Gasteiger charge is -2.36. The number of amides is 1. The average molecular weight is 397 g/mol. The number of nitrogens with one attached hydrogen (secondary N) is 1. The Morgan fingerprint density at radius 2 is 1.85 bits per heavy atom. The highest BCUT2D eigenvalue weighted by Crippen LogP contribution is 2.26. The van der Waals surface area contributed by atoms with Crippen LogP contribution in [0.25, 0.3) is 0 Å². The van der Waals surface area contributed by atoms with E-state index < -0.39 is 11.6 Å². The molecule has 0 aromatic heterocycles. The van der Waals surface area contributed by atoms with E-state index in [-0.39, 0.29) is 12.1 Å². The van der Waals surface area contributed by atoms with E-state index in [1.165, 1.54) is 7.11 Å². The first kappa shape index (κ1) is 21.4. The number of hydrogen-bond acceptors (Lipinski definition) is 5. The van der Waals surface area contributed by atoms with Crippen molar-refractivity contribution >= 4 is 29.4 Å². The highest BCUT2D eigenvalue weighted by molar-refractivity contribution is 6.31. The number of benzene rings is 1. The van der Waals surface area contributed by atoms with Crippen LogP contribution in [0.4, 0.5) is 10.5 Å². The Morgan fingerprint density at radius 3 is 2.41 bits per heavy atom. The molecule has 0 radical (unpaired) electrons. The van der Waals surface area contributed by atoms with Crippen LogP contribution in [0.2, 0.25) is 5.02 Å². The lowest BCUT2D eigenvalue weighted by Crippen LogP contribution is -2.44. The van der Waals surface area contributed by atoms with Crippen molar-refractivity contribution in [2.75, 3.05) is 25.5 Å². The molecule has 150 valence electrons. The number of carbonyl (C=O) groups excluding carboxylic acids is 2. The third-order valence-corrected chi connectivity index (χ3v) is 4.83. The summed E-state index contributed by atoms with van der Waals surface area (Å²) in [5, 5.41) is 3.91. The topological polar surface area (TPSA) is 67.9 Å². The molecule has 0 saturated carbocycles. The second-order valence-corrected chi connectivity index (χ2v) is 8.39. The van der Waals surface area contributed by atoms with Gasteiger partial charge in [0.1, 0.15) is 5.60 Å². The van der Waals surface area contributed by atoms with Gasteiger partial charge >= 0.3 is 12.1 Å². The Kier molecular flexibility index (Phi) is 6.98. The molecular formula is C20H29ClN2O4. The Labute approximate surface area is 166 Å². The maximum absolute atomic E-state index is 12.2. The van der Waals surface area contributed by atoms with Crippen molar-refractivity contribution in [1.82, 2.24) is 4.90 Å². The van der Waals surface area contributed by atoms with Gasteiger partial charge in [-0.2, -0.15) is 0 Å². The molecule has 7 heteroatoms. The number of anilines is 1. The third-order valence-electron chi connectivity index (χ3n) is 4.61. The van der Waals surface area contributed by atoms with Gasteiger partial charge in [0.15, 0.2) is 0 Å². The van der Waals surface area contributed by atoms with Crippen molar-refractivity contribution in [3.05, 3.63) is 28.8 Å². The monoisotopic (exact) mass is 396 g/mol. The summed E-state index contributed by atoms with van der Waals surface area (Å²) in [5.74, 6) is -0.0110. The summed E-state index contributed by atoms with van der Waals surface area (Å²) < 4.78 is 10.2. The molecule has 1 saturated heterocycles. The van der Waals surface area contributed by atoms with Crippen LogP contribution in [0.15, 0.2) is 18.2 Å². The zero-order valence-corrected chi connectivity index (χ0v) is 17.4. The van der Waals surface area contributed by atoms with Crippen molar-refractivity contribution in [2.45, 2.75) is 52.2 Å². The fraction of sp³-hybridized carbons (Fsp3) is 0.600. The second kappa shape index (κ2) is 8.83. The average Bonchev–Trinajstić information content (AvgIpc) is 2.59. The van der Waals surface area contributed by atoms with Gasteiger partial charge in [-0.25, -0.2) is 9.59 Å². The number of rotatable bonds is 4. The van der Waals surface area contributed by atoms with Crippen LogP contribution in [0, 0.1) is 5.92 Å². The summed E-state index contributed by atoms with van der Waals surface area (Å²) in [4.78, 5) is 25.7. The van der Waals surface area contributed by atoms with Crippen molar-refractivity contribution in [1.29, 1.82) is 0 Å². The predicted molar refractivity (Wildman–Crippen MR) is 106 cm³/mol. The summed E-state index contributed by atoms with van der Waals surface area (Å²) >= 11 is 6.12. The number of likely N-dealkylation sites (tertiary alicyclic amines) is 1. The normalized spacial score (nSPS) is 16.6. The minimum Gasteiger partial charge on any atom is -0.465 e. The molecule has 1 fully saturated rings. The Balaban J connectivity index is 1.93. The third kappa shape index (κ3) is 6.31. The summed E-state index contributed by atoms with van der Waals surface area (Å²) in [7, 11) is 1.34. The van der Waals surface area contributed by atoms with Gasteiger partial charge in [0, 0.05) is 29.8 Å². The van der Waals surface area contributed by atoms with Gasteiger partial charge in [-0.1, -0.05) is 11.6 Å². The molecule has 1 aromatic rings. The molecular weight excluding hydrogens is 368 g/mol. The number of ether oxygens (including phenoxy) is 2. The molecule has 6 nitrogen and oxygen atoms in total. The number of nitrogens with zero attached hydrogens (tertiary/aromatic N) is 1. The first-order valence-electron chi connectivity index (χ1n) is 9.22. The number of piperidine rings is 1. The largest absolute Gasteiger partial charge is 0.465 e. The number of halogens is 1. The molecule has 0 bridgehead atoms. The highest BCUT2D eigenvalue weighted by atomic mass is 35.5. The van der Waals surface area contributed by atoms with E-state index >= 15 is 0 Å². The Hall–Kier alpha value is -1.95. The van der Waals surface area contributed by atoms with Gasteiger partial charge in [0.2, 0.25) is 0 Å². The van der Waals surface area contributed by atoms with Gasteiger partial charge in [0.05, 0.1) is 12.7 Å². The second-order valence-electron chi connectivity index (χ2n) is 7.96. The zero-order chi connectivity index (χ0) is 20.2. The molecule has 0 unspecified atom stereocenters. The molecule has 1 aliphatic heterocycles. The molecule has 1 heterocycles. The van der Waals surface area contributed by atoms with Crippen LogP contribution >= 0.6 is 11.6 Å². The van der Waals surface area contributed by atoms with E-state index in [0.29, 0.717) is 29.6 Å². The quantitative estimate of drug-likeness (QED) is 0.755. The minimum absolute atomic E-state index is 0.176. The van der Waals surface area contributed by atoms with Gasteiger partial charge in [-0.05, 0) is 64.7 Å². The van der Waals surface area contributed by atoms with Gasteiger partial charge in [0.25, 0.3) is 0 Å². The SMILES string of the molecule is COC(=O)c1cc(Cl)cc(N[C@@H](C)C2CCN(C(=O)OC(C)(C)C)CC2)c1.